The molecule has 0 spiro atoms. The topological polar surface area (TPSA) is 119 Å². The van der Waals surface area contributed by atoms with Crippen molar-refractivity contribution in [3.63, 3.8) is 0 Å². The summed E-state index contributed by atoms with van der Waals surface area (Å²) >= 11 is 0. The standard InChI is InChI=1S/C17H24N4O4S/c1-5-14-16(26(24,25)13-9-7-12(18)8-10-13)15(6-2)21(19-14)20(11(3)4)17(22)23/h7-11H,5-6,18H2,1-4H3,(H,22,23). The molecule has 3 N–H and O–H groups in total. The quantitative estimate of drug-likeness (QED) is 0.743. The Bertz CT molecular complexity index is 902. The van der Waals surface area contributed by atoms with Crippen LogP contribution in [-0.2, 0) is 22.7 Å². The largest absolute Gasteiger partial charge is 0.464 e. The Kier molecular flexibility index (Phi) is 5.60. The summed E-state index contributed by atoms with van der Waals surface area (Å²) in [5, 5.41) is 14.9. The van der Waals surface area contributed by atoms with Crippen LogP contribution in [0.2, 0.25) is 0 Å². The van der Waals surface area contributed by atoms with Crippen molar-refractivity contribution in [2.45, 2.75) is 56.4 Å². The van der Waals surface area contributed by atoms with Gasteiger partial charge < -0.3 is 10.8 Å². The molecule has 0 bridgehead atoms. The van der Waals surface area contributed by atoms with E-state index < -0.39 is 22.0 Å². The normalized spacial score (nSPS) is 11.7. The van der Waals surface area contributed by atoms with Gasteiger partial charge in [-0.1, -0.05) is 13.8 Å². The van der Waals surface area contributed by atoms with E-state index in [1.165, 1.54) is 29.1 Å². The fourth-order valence-corrected chi connectivity index (χ4v) is 4.55. The van der Waals surface area contributed by atoms with Crippen LogP contribution >= 0.6 is 0 Å². The molecule has 26 heavy (non-hydrogen) atoms. The third-order valence-electron chi connectivity index (χ3n) is 4.00. The maximum absolute atomic E-state index is 13.2. The lowest BCUT2D eigenvalue weighted by Gasteiger charge is -2.24. The van der Waals surface area contributed by atoms with E-state index in [4.69, 9.17) is 5.73 Å². The molecule has 1 heterocycles. The number of hydrogen-bond acceptors (Lipinski definition) is 5. The van der Waals surface area contributed by atoms with Crippen molar-refractivity contribution in [3.05, 3.63) is 35.7 Å². The van der Waals surface area contributed by atoms with E-state index in [-0.39, 0.29) is 9.79 Å². The zero-order valence-electron chi connectivity index (χ0n) is 15.3. The summed E-state index contributed by atoms with van der Waals surface area (Å²) in [7, 11) is -3.86. The molecule has 0 unspecified atom stereocenters. The SMILES string of the molecule is CCc1nn(N(C(=O)O)C(C)C)c(CC)c1S(=O)(=O)c1ccc(N)cc1. The van der Waals surface area contributed by atoms with Crippen LogP contribution in [0.15, 0.2) is 34.1 Å². The molecule has 1 amide bonds. The summed E-state index contributed by atoms with van der Waals surface area (Å²) in [6.07, 6.45) is -0.529. The molecule has 9 heteroatoms. The van der Waals surface area contributed by atoms with Crippen molar-refractivity contribution < 1.29 is 18.3 Å². The van der Waals surface area contributed by atoms with Crippen LogP contribution in [0.4, 0.5) is 10.5 Å². The van der Waals surface area contributed by atoms with Gasteiger partial charge in [0.1, 0.15) is 4.90 Å². The van der Waals surface area contributed by atoms with Crippen molar-refractivity contribution in [1.82, 2.24) is 9.89 Å². The van der Waals surface area contributed by atoms with Crippen molar-refractivity contribution in [2.75, 3.05) is 10.7 Å². The Morgan fingerprint density at radius 2 is 1.81 bits per heavy atom. The van der Waals surface area contributed by atoms with E-state index in [9.17, 15) is 18.3 Å². The third-order valence-corrected chi connectivity index (χ3v) is 5.90. The van der Waals surface area contributed by atoms with Crippen LogP contribution in [0.3, 0.4) is 0 Å². The van der Waals surface area contributed by atoms with Gasteiger partial charge in [-0.25, -0.2) is 13.2 Å². The molecule has 0 aliphatic heterocycles. The van der Waals surface area contributed by atoms with Crippen LogP contribution in [0.1, 0.15) is 39.1 Å². The summed E-state index contributed by atoms with van der Waals surface area (Å²) in [6.45, 7) is 6.97. The van der Waals surface area contributed by atoms with Gasteiger partial charge in [0.25, 0.3) is 0 Å². The van der Waals surface area contributed by atoms with Gasteiger partial charge in [-0.15, -0.1) is 0 Å². The number of benzene rings is 1. The highest BCUT2D eigenvalue weighted by molar-refractivity contribution is 7.91. The van der Waals surface area contributed by atoms with Gasteiger partial charge >= 0.3 is 6.09 Å². The summed E-state index contributed by atoms with van der Waals surface area (Å²) in [5.41, 5.74) is 6.79. The molecule has 142 valence electrons. The van der Waals surface area contributed by atoms with Crippen molar-refractivity contribution >= 4 is 21.6 Å². The number of nitrogens with two attached hydrogens (primary N) is 1. The van der Waals surface area contributed by atoms with E-state index in [1.54, 1.807) is 27.7 Å². The number of rotatable bonds is 6. The second-order valence-corrected chi connectivity index (χ2v) is 8.00. The minimum Gasteiger partial charge on any atom is -0.464 e. The highest BCUT2D eigenvalue weighted by Gasteiger charge is 2.32. The number of aryl methyl sites for hydroxylation is 1. The number of anilines is 1. The molecule has 2 rings (SSSR count). The molecule has 0 radical (unpaired) electrons. The van der Waals surface area contributed by atoms with E-state index in [0.29, 0.717) is 29.9 Å². The van der Waals surface area contributed by atoms with Gasteiger partial charge in [-0.3, -0.25) is 0 Å². The lowest BCUT2D eigenvalue weighted by Crippen LogP contribution is -2.46. The smallest absolute Gasteiger partial charge is 0.428 e. The highest BCUT2D eigenvalue weighted by Crippen LogP contribution is 2.29. The average molecular weight is 380 g/mol. The molecule has 0 aliphatic rings. The minimum absolute atomic E-state index is 0.0687. The average Bonchev–Trinajstić information content (AvgIpc) is 2.93. The summed E-state index contributed by atoms with van der Waals surface area (Å²) in [4.78, 5) is 13.0. The summed E-state index contributed by atoms with van der Waals surface area (Å²) in [6, 6.07) is 5.52. The van der Waals surface area contributed by atoms with E-state index >= 15 is 0 Å². The lowest BCUT2D eigenvalue weighted by molar-refractivity contribution is 0.189. The second-order valence-electron chi connectivity index (χ2n) is 6.11. The highest BCUT2D eigenvalue weighted by atomic mass is 32.2. The van der Waals surface area contributed by atoms with Crippen molar-refractivity contribution in [3.8, 4) is 0 Å². The van der Waals surface area contributed by atoms with Gasteiger partial charge in [-0.05, 0) is 51.0 Å². The Labute approximate surface area is 153 Å². The second kappa shape index (κ2) is 7.36. The number of aromatic nitrogens is 2. The number of sulfone groups is 1. The predicted molar refractivity (Wildman–Crippen MR) is 98.7 cm³/mol. The maximum Gasteiger partial charge on any atom is 0.428 e. The van der Waals surface area contributed by atoms with Gasteiger partial charge in [0.2, 0.25) is 9.84 Å². The van der Waals surface area contributed by atoms with Crippen LogP contribution in [-0.4, -0.2) is 35.5 Å². The molecule has 8 nitrogen and oxygen atoms in total. The van der Waals surface area contributed by atoms with Crippen LogP contribution in [0, 0.1) is 0 Å². The van der Waals surface area contributed by atoms with Gasteiger partial charge in [-0.2, -0.15) is 14.9 Å². The Morgan fingerprint density at radius 1 is 1.23 bits per heavy atom. The van der Waals surface area contributed by atoms with E-state index in [1.807, 2.05) is 0 Å². The molecule has 0 aliphatic carbocycles. The molecule has 0 saturated heterocycles. The fourth-order valence-electron chi connectivity index (χ4n) is 2.78. The Morgan fingerprint density at radius 3 is 2.23 bits per heavy atom. The zero-order valence-corrected chi connectivity index (χ0v) is 16.1. The maximum atomic E-state index is 13.2. The van der Waals surface area contributed by atoms with Gasteiger partial charge in [0, 0.05) is 5.69 Å². The number of hydrogen-bond donors (Lipinski definition) is 2. The van der Waals surface area contributed by atoms with Crippen LogP contribution < -0.4 is 10.7 Å². The molecular weight excluding hydrogens is 356 g/mol. The molecular formula is C17H24N4O4S. The first-order valence-electron chi connectivity index (χ1n) is 8.38. The van der Waals surface area contributed by atoms with Crippen molar-refractivity contribution in [2.24, 2.45) is 0 Å². The number of nitrogens with zero attached hydrogens (tertiary/aromatic N) is 3. The molecule has 0 saturated carbocycles. The first-order valence-corrected chi connectivity index (χ1v) is 9.87. The number of carbonyl (C=O) groups is 1. The minimum atomic E-state index is -3.86. The molecule has 1 aromatic heterocycles. The number of carboxylic acid groups (broad SMARTS) is 1. The molecule has 0 atom stereocenters. The molecule has 2 aromatic rings. The Balaban J connectivity index is 2.76. The van der Waals surface area contributed by atoms with Gasteiger partial charge in [0.05, 0.1) is 22.3 Å². The van der Waals surface area contributed by atoms with Gasteiger partial charge in [0.15, 0.2) is 0 Å². The number of nitrogen functional groups attached to an aromatic ring is 1. The predicted octanol–water partition coefficient (Wildman–Crippen LogP) is 2.45. The lowest BCUT2D eigenvalue weighted by atomic mass is 10.2. The van der Waals surface area contributed by atoms with E-state index in [0.717, 1.165) is 5.01 Å². The molecule has 1 aromatic carbocycles. The zero-order chi connectivity index (χ0) is 19.6. The molecule has 0 fully saturated rings. The Hall–Kier alpha value is -2.55. The van der Waals surface area contributed by atoms with Crippen LogP contribution in [0.5, 0.6) is 0 Å². The van der Waals surface area contributed by atoms with Crippen LogP contribution in [0.25, 0.3) is 0 Å². The first-order chi connectivity index (χ1) is 12.1. The summed E-state index contributed by atoms with van der Waals surface area (Å²) in [5.74, 6) is 0. The monoisotopic (exact) mass is 380 g/mol. The summed E-state index contributed by atoms with van der Waals surface area (Å²) < 4.78 is 26.4. The third kappa shape index (κ3) is 3.39. The first kappa shape index (κ1) is 19.8. The number of amides is 1. The fraction of sp³-hybridized carbons (Fsp3) is 0.412. The van der Waals surface area contributed by atoms with E-state index in [2.05, 4.69) is 5.10 Å². The van der Waals surface area contributed by atoms with Crippen molar-refractivity contribution in [1.29, 1.82) is 0 Å².